The summed E-state index contributed by atoms with van der Waals surface area (Å²) in [6.07, 6.45) is 2.06. The van der Waals surface area contributed by atoms with Gasteiger partial charge in [0, 0.05) is 43.1 Å². The van der Waals surface area contributed by atoms with E-state index in [1.54, 1.807) is 36.0 Å². The van der Waals surface area contributed by atoms with Crippen LogP contribution in [0.4, 0.5) is 14.6 Å². The Morgan fingerprint density at radius 1 is 1.16 bits per heavy atom. The lowest BCUT2D eigenvalue weighted by Gasteiger charge is -2.23. The smallest absolute Gasteiger partial charge is 0.248 e. The molecule has 0 unspecified atom stereocenters. The van der Waals surface area contributed by atoms with E-state index in [1.165, 1.54) is 4.80 Å². The summed E-state index contributed by atoms with van der Waals surface area (Å²) in [7, 11) is 3.54. The van der Waals surface area contributed by atoms with Crippen molar-refractivity contribution >= 4 is 11.7 Å². The molecule has 2 atom stereocenters. The third kappa shape index (κ3) is 4.13. The topological polar surface area (TPSA) is 90.5 Å². The van der Waals surface area contributed by atoms with Gasteiger partial charge in [0.15, 0.2) is 5.82 Å². The highest BCUT2D eigenvalue weighted by atomic mass is 19.3. The molecular weight excluding hydrogens is 416 g/mol. The maximum atomic E-state index is 14.0. The Balaban J connectivity index is 1.41. The van der Waals surface area contributed by atoms with Gasteiger partial charge in [-0.05, 0) is 36.0 Å². The van der Waals surface area contributed by atoms with Crippen LogP contribution in [0.3, 0.4) is 0 Å². The zero-order valence-electron chi connectivity index (χ0n) is 18.0. The van der Waals surface area contributed by atoms with Crippen LogP contribution in [0.25, 0.3) is 11.4 Å². The van der Waals surface area contributed by atoms with Gasteiger partial charge in [-0.25, -0.2) is 8.78 Å². The van der Waals surface area contributed by atoms with Gasteiger partial charge in [0.25, 0.3) is 0 Å². The zero-order valence-corrected chi connectivity index (χ0v) is 18.0. The average molecular weight is 441 g/mol. The summed E-state index contributed by atoms with van der Waals surface area (Å²) in [6, 6.07) is 9.07. The Kier molecular flexibility index (Phi) is 5.02. The highest BCUT2D eigenvalue weighted by Gasteiger charge is 2.45. The molecule has 3 aromatic rings. The fraction of sp³-hybridized carbons (Fsp3) is 0.500. The summed E-state index contributed by atoms with van der Waals surface area (Å²) in [5, 5.41) is 19.3. The average Bonchev–Trinajstić information content (AvgIpc) is 3.24. The third-order valence-electron chi connectivity index (χ3n) is 6.39. The molecule has 0 radical (unpaired) electrons. The van der Waals surface area contributed by atoms with Crippen molar-refractivity contribution in [2.75, 3.05) is 5.32 Å². The number of nitrogens with zero attached hydrogens (tertiary/aromatic N) is 6. The Hall–Kier alpha value is -3.17. The van der Waals surface area contributed by atoms with Crippen LogP contribution in [0.15, 0.2) is 30.3 Å². The van der Waals surface area contributed by atoms with Gasteiger partial charge >= 0.3 is 0 Å². The molecule has 0 saturated heterocycles. The minimum absolute atomic E-state index is 0.196. The van der Waals surface area contributed by atoms with Gasteiger partial charge in [0.05, 0.1) is 13.0 Å². The first-order valence-corrected chi connectivity index (χ1v) is 10.9. The highest BCUT2D eigenvalue weighted by Crippen LogP contribution is 2.46. The number of benzene rings is 1. The Bertz CT molecular complexity index is 1130. The Morgan fingerprint density at radius 3 is 2.50 bits per heavy atom. The molecule has 2 saturated carbocycles. The SMILES string of the molecule is Cn1nnc(-c2ccc([C@@H](C(=O)Nc3cc(C4CC4)n(C)n3)[C@H]3CCC(F)(F)C3)cc2)n1. The van der Waals surface area contributed by atoms with E-state index in [1.807, 2.05) is 13.1 Å². The molecule has 2 heterocycles. The third-order valence-corrected chi connectivity index (χ3v) is 6.39. The number of hydrogen-bond donors (Lipinski definition) is 1. The molecule has 168 valence electrons. The van der Waals surface area contributed by atoms with Crippen LogP contribution in [0.1, 0.15) is 55.2 Å². The van der Waals surface area contributed by atoms with E-state index in [2.05, 4.69) is 25.8 Å². The molecule has 0 bridgehead atoms. The number of amides is 1. The van der Waals surface area contributed by atoms with E-state index in [0.717, 1.165) is 24.1 Å². The van der Waals surface area contributed by atoms with Crippen LogP contribution in [-0.4, -0.2) is 41.8 Å². The van der Waals surface area contributed by atoms with Crippen molar-refractivity contribution in [2.24, 2.45) is 20.0 Å². The summed E-state index contributed by atoms with van der Waals surface area (Å²) in [5.74, 6) is -2.77. The number of halogens is 2. The second kappa shape index (κ2) is 7.75. The minimum Gasteiger partial charge on any atom is -0.309 e. The summed E-state index contributed by atoms with van der Waals surface area (Å²) in [5.41, 5.74) is 2.53. The van der Waals surface area contributed by atoms with E-state index in [9.17, 15) is 13.6 Å². The van der Waals surface area contributed by atoms with Crippen LogP contribution < -0.4 is 5.32 Å². The van der Waals surface area contributed by atoms with Crippen molar-refractivity contribution in [3.63, 3.8) is 0 Å². The summed E-state index contributed by atoms with van der Waals surface area (Å²) < 4.78 is 29.8. The molecule has 8 nitrogen and oxygen atoms in total. The number of nitrogens with one attached hydrogen (secondary N) is 1. The maximum absolute atomic E-state index is 14.0. The zero-order chi connectivity index (χ0) is 22.5. The molecule has 1 N–H and O–H groups in total. The fourth-order valence-electron chi connectivity index (χ4n) is 4.65. The number of hydrogen-bond acceptors (Lipinski definition) is 5. The van der Waals surface area contributed by atoms with Gasteiger partial charge < -0.3 is 5.32 Å². The quantitative estimate of drug-likeness (QED) is 0.631. The molecule has 0 aliphatic heterocycles. The molecule has 0 spiro atoms. The van der Waals surface area contributed by atoms with E-state index in [4.69, 9.17) is 0 Å². The first-order chi connectivity index (χ1) is 15.3. The van der Waals surface area contributed by atoms with Gasteiger partial charge in [-0.3, -0.25) is 9.48 Å². The Morgan fingerprint density at radius 2 is 1.91 bits per heavy atom. The van der Waals surface area contributed by atoms with Crippen LogP contribution >= 0.6 is 0 Å². The van der Waals surface area contributed by atoms with Crippen molar-refractivity contribution in [3.8, 4) is 11.4 Å². The molecule has 2 fully saturated rings. The van der Waals surface area contributed by atoms with E-state index in [-0.39, 0.29) is 18.7 Å². The van der Waals surface area contributed by atoms with Crippen molar-refractivity contribution in [1.29, 1.82) is 0 Å². The van der Waals surface area contributed by atoms with E-state index < -0.39 is 17.8 Å². The van der Waals surface area contributed by atoms with Crippen LogP contribution in [-0.2, 0) is 18.9 Å². The predicted octanol–water partition coefficient (Wildman–Crippen LogP) is 3.65. The molecule has 2 aromatic heterocycles. The molecule has 1 amide bonds. The predicted molar refractivity (Wildman–Crippen MR) is 113 cm³/mol. The van der Waals surface area contributed by atoms with E-state index in [0.29, 0.717) is 29.5 Å². The number of tetrazole rings is 1. The number of carbonyl (C=O) groups is 1. The monoisotopic (exact) mass is 441 g/mol. The van der Waals surface area contributed by atoms with Gasteiger partial charge in [-0.1, -0.05) is 24.3 Å². The van der Waals surface area contributed by atoms with Gasteiger partial charge in [0.2, 0.25) is 17.7 Å². The number of aryl methyl sites for hydroxylation is 2. The molecule has 10 heteroatoms. The second-order valence-corrected chi connectivity index (χ2v) is 8.90. The van der Waals surface area contributed by atoms with Crippen LogP contribution in [0, 0.1) is 5.92 Å². The van der Waals surface area contributed by atoms with Crippen molar-refractivity contribution in [1.82, 2.24) is 30.0 Å². The van der Waals surface area contributed by atoms with Crippen molar-refractivity contribution < 1.29 is 13.6 Å². The molecular formula is C22H25F2N7O. The minimum atomic E-state index is -2.74. The lowest BCUT2D eigenvalue weighted by Crippen LogP contribution is -2.27. The first-order valence-electron chi connectivity index (χ1n) is 10.9. The molecule has 32 heavy (non-hydrogen) atoms. The van der Waals surface area contributed by atoms with Crippen LogP contribution in [0.5, 0.6) is 0 Å². The summed E-state index contributed by atoms with van der Waals surface area (Å²) in [6.45, 7) is 0. The maximum Gasteiger partial charge on any atom is 0.248 e. The largest absolute Gasteiger partial charge is 0.309 e. The normalized spacial score (nSPS) is 20.9. The number of rotatable bonds is 6. The number of carbonyl (C=O) groups excluding carboxylic acids is 1. The number of alkyl halides is 2. The first kappa shape index (κ1) is 20.7. The van der Waals surface area contributed by atoms with Crippen molar-refractivity contribution in [3.05, 3.63) is 41.6 Å². The van der Waals surface area contributed by atoms with Crippen LogP contribution in [0.2, 0.25) is 0 Å². The molecule has 1 aromatic carbocycles. The number of aromatic nitrogens is 6. The summed E-state index contributed by atoms with van der Waals surface area (Å²) in [4.78, 5) is 14.7. The number of anilines is 1. The lowest BCUT2D eigenvalue weighted by atomic mass is 9.83. The molecule has 5 rings (SSSR count). The Labute approximate surface area is 184 Å². The molecule has 2 aliphatic rings. The fourth-order valence-corrected chi connectivity index (χ4v) is 4.65. The van der Waals surface area contributed by atoms with Gasteiger partial charge in [0.1, 0.15) is 0 Å². The highest BCUT2D eigenvalue weighted by molar-refractivity contribution is 5.95. The van der Waals surface area contributed by atoms with E-state index >= 15 is 0 Å². The lowest BCUT2D eigenvalue weighted by molar-refractivity contribution is -0.118. The van der Waals surface area contributed by atoms with Crippen molar-refractivity contribution in [2.45, 2.75) is 49.9 Å². The molecule has 2 aliphatic carbocycles. The summed E-state index contributed by atoms with van der Waals surface area (Å²) >= 11 is 0. The standard InChI is InChI=1S/C22H25F2N7O/c1-30-17(13-3-4-13)11-18(27-30)25-21(32)19(16-9-10-22(23,24)12-16)14-5-7-15(8-6-14)20-26-29-31(2)28-20/h5-8,11,13,16,19H,3-4,9-10,12H2,1-2H3,(H,25,27,32)/t16-,19+/m0/s1. The van der Waals surface area contributed by atoms with Gasteiger partial charge in [-0.15, -0.1) is 10.2 Å². The van der Waals surface area contributed by atoms with Gasteiger partial charge in [-0.2, -0.15) is 9.90 Å². The second-order valence-electron chi connectivity index (χ2n) is 8.90.